The first-order valence-corrected chi connectivity index (χ1v) is 8.07. The highest BCUT2D eigenvalue weighted by Gasteiger charge is 2.28. The summed E-state index contributed by atoms with van der Waals surface area (Å²) in [6.45, 7) is 7.39. The molecule has 1 heteroatoms. The minimum absolute atomic E-state index is 0.942. The van der Waals surface area contributed by atoms with Gasteiger partial charge in [-0.2, -0.15) is 0 Å². The van der Waals surface area contributed by atoms with Gasteiger partial charge in [0.25, 0.3) is 0 Å². The average Bonchev–Trinajstić information content (AvgIpc) is 2.40. The Hall–Kier alpha value is -0.300. The Balaban J connectivity index is 2.28. The standard InChI is InChI=1S/C17H33N/c1-4-6-7-8-9-10-16-13-15(5-2)11-12-17(16)14-18-3/h4,15-18H,1,5-14H2,2-3H3. The van der Waals surface area contributed by atoms with Crippen molar-refractivity contribution in [1.29, 1.82) is 0 Å². The summed E-state index contributed by atoms with van der Waals surface area (Å²) in [4.78, 5) is 0. The molecule has 1 N–H and O–H groups in total. The van der Waals surface area contributed by atoms with Crippen molar-refractivity contribution in [2.75, 3.05) is 13.6 Å². The summed E-state index contributed by atoms with van der Waals surface area (Å²) in [6.07, 6.45) is 14.7. The Morgan fingerprint density at radius 2 is 2.00 bits per heavy atom. The largest absolute Gasteiger partial charge is 0.319 e. The lowest BCUT2D eigenvalue weighted by atomic mass is 9.71. The van der Waals surface area contributed by atoms with E-state index >= 15 is 0 Å². The molecule has 1 rings (SSSR count). The van der Waals surface area contributed by atoms with Crippen LogP contribution in [0.15, 0.2) is 12.7 Å². The summed E-state index contributed by atoms with van der Waals surface area (Å²) in [5, 5.41) is 3.40. The van der Waals surface area contributed by atoms with E-state index in [1.165, 1.54) is 64.3 Å². The molecule has 106 valence electrons. The second-order valence-corrected chi connectivity index (χ2v) is 6.09. The van der Waals surface area contributed by atoms with Gasteiger partial charge < -0.3 is 5.32 Å². The van der Waals surface area contributed by atoms with Crippen LogP contribution in [-0.4, -0.2) is 13.6 Å². The summed E-state index contributed by atoms with van der Waals surface area (Å²) >= 11 is 0. The highest BCUT2D eigenvalue weighted by Crippen LogP contribution is 2.38. The van der Waals surface area contributed by atoms with Gasteiger partial charge in [-0.25, -0.2) is 0 Å². The van der Waals surface area contributed by atoms with Crippen molar-refractivity contribution in [1.82, 2.24) is 5.32 Å². The molecule has 0 bridgehead atoms. The summed E-state index contributed by atoms with van der Waals surface area (Å²) in [5.41, 5.74) is 0. The fraction of sp³-hybridized carbons (Fsp3) is 0.882. The summed E-state index contributed by atoms with van der Waals surface area (Å²) in [5.74, 6) is 2.94. The molecule has 0 spiro atoms. The molecule has 0 aromatic carbocycles. The predicted octanol–water partition coefficient (Wildman–Crippen LogP) is 4.78. The van der Waals surface area contributed by atoms with Gasteiger partial charge in [0.15, 0.2) is 0 Å². The van der Waals surface area contributed by atoms with E-state index < -0.39 is 0 Å². The van der Waals surface area contributed by atoms with E-state index in [-0.39, 0.29) is 0 Å². The van der Waals surface area contributed by atoms with Crippen LogP contribution in [0.4, 0.5) is 0 Å². The fourth-order valence-electron chi connectivity index (χ4n) is 3.55. The van der Waals surface area contributed by atoms with Crippen molar-refractivity contribution in [3.8, 4) is 0 Å². The van der Waals surface area contributed by atoms with Gasteiger partial charge in [0.05, 0.1) is 0 Å². The van der Waals surface area contributed by atoms with Gasteiger partial charge in [-0.05, 0) is 57.0 Å². The lowest BCUT2D eigenvalue weighted by Crippen LogP contribution is -2.31. The second-order valence-electron chi connectivity index (χ2n) is 6.09. The minimum atomic E-state index is 0.942. The van der Waals surface area contributed by atoms with E-state index in [4.69, 9.17) is 0 Å². The van der Waals surface area contributed by atoms with Crippen LogP contribution in [0.5, 0.6) is 0 Å². The van der Waals surface area contributed by atoms with Crippen molar-refractivity contribution >= 4 is 0 Å². The van der Waals surface area contributed by atoms with E-state index in [0.717, 1.165) is 17.8 Å². The Kier molecular flexibility index (Phi) is 8.41. The predicted molar refractivity (Wildman–Crippen MR) is 81.8 cm³/mol. The van der Waals surface area contributed by atoms with Gasteiger partial charge in [0, 0.05) is 0 Å². The molecule has 1 fully saturated rings. The number of unbranched alkanes of at least 4 members (excludes halogenated alkanes) is 3. The van der Waals surface area contributed by atoms with Crippen LogP contribution in [0.2, 0.25) is 0 Å². The van der Waals surface area contributed by atoms with Gasteiger partial charge >= 0.3 is 0 Å². The van der Waals surface area contributed by atoms with Crippen molar-refractivity contribution in [2.45, 2.75) is 64.7 Å². The molecule has 0 saturated heterocycles. The third-order valence-corrected chi connectivity index (χ3v) is 4.78. The molecule has 1 saturated carbocycles. The van der Waals surface area contributed by atoms with E-state index in [2.05, 4.69) is 31.9 Å². The zero-order valence-electron chi connectivity index (χ0n) is 12.6. The Bertz CT molecular complexity index is 212. The van der Waals surface area contributed by atoms with Crippen molar-refractivity contribution < 1.29 is 0 Å². The Morgan fingerprint density at radius 3 is 2.67 bits per heavy atom. The molecule has 0 amide bonds. The molecule has 0 aromatic heterocycles. The van der Waals surface area contributed by atoms with Gasteiger partial charge in [-0.1, -0.05) is 45.1 Å². The van der Waals surface area contributed by atoms with E-state index in [0.29, 0.717) is 0 Å². The van der Waals surface area contributed by atoms with Crippen LogP contribution in [0.1, 0.15) is 64.7 Å². The summed E-state index contributed by atoms with van der Waals surface area (Å²) in [6, 6.07) is 0. The topological polar surface area (TPSA) is 12.0 Å². The van der Waals surface area contributed by atoms with Gasteiger partial charge in [0.2, 0.25) is 0 Å². The molecule has 3 atom stereocenters. The van der Waals surface area contributed by atoms with E-state index in [1.807, 2.05) is 0 Å². The molecule has 0 radical (unpaired) electrons. The second kappa shape index (κ2) is 9.61. The van der Waals surface area contributed by atoms with Crippen molar-refractivity contribution in [3.05, 3.63) is 12.7 Å². The fourth-order valence-corrected chi connectivity index (χ4v) is 3.55. The van der Waals surface area contributed by atoms with Crippen LogP contribution in [0.3, 0.4) is 0 Å². The number of allylic oxidation sites excluding steroid dienone is 1. The lowest BCUT2D eigenvalue weighted by Gasteiger charge is -2.36. The third-order valence-electron chi connectivity index (χ3n) is 4.78. The van der Waals surface area contributed by atoms with E-state index in [9.17, 15) is 0 Å². The maximum atomic E-state index is 3.80. The zero-order valence-corrected chi connectivity index (χ0v) is 12.6. The number of hydrogen-bond donors (Lipinski definition) is 1. The minimum Gasteiger partial charge on any atom is -0.319 e. The maximum absolute atomic E-state index is 3.80. The molecule has 0 aliphatic heterocycles. The molecular weight excluding hydrogens is 218 g/mol. The monoisotopic (exact) mass is 251 g/mol. The van der Waals surface area contributed by atoms with E-state index in [1.54, 1.807) is 0 Å². The van der Waals surface area contributed by atoms with Gasteiger partial charge in [-0.3, -0.25) is 0 Å². The summed E-state index contributed by atoms with van der Waals surface area (Å²) < 4.78 is 0. The van der Waals surface area contributed by atoms with Crippen LogP contribution in [-0.2, 0) is 0 Å². The van der Waals surface area contributed by atoms with Gasteiger partial charge in [0.1, 0.15) is 0 Å². The molecule has 1 aliphatic carbocycles. The summed E-state index contributed by atoms with van der Waals surface area (Å²) in [7, 11) is 2.10. The number of nitrogens with one attached hydrogen (secondary N) is 1. The van der Waals surface area contributed by atoms with Crippen molar-refractivity contribution in [2.24, 2.45) is 17.8 Å². The first-order chi connectivity index (χ1) is 8.81. The first kappa shape index (κ1) is 15.8. The molecule has 18 heavy (non-hydrogen) atoms. The third kappa shape index (κ3) is 5.56. The highest BCUT2D eigenvalue weighted by molar-refractivity contribution is 4.81. The smallest absolute Gasteiger partial charge is 0.00209 e. The van der Waals surface area contributed by atoms with Crippen LogP contribution < -0.4 is 5.32 Å². The molecule has 1 nitrogen and oxygen atoms in total. The highest BCUT2D eigenvalue weighted by atomic mass is 14.8. The SMILES string of the molecule is C=CCCCCCC1CC(CC)CCC1CNC. The Morgan fingerprint density at radius 1 is 1.17 bits per heavy atom. The molecule has 1 aliphatic rings. The molecule has 0 heterocycles. The Labute approximate surface area is 114 Å². The molecule has 3 unspecified atom stereocenters. The van der Waals surface area contributed by atoms with Gasteiger partial charge in [-0.15, -0.1) is 6.58 Å². The molecular formula is C17H33N. The number of hydrogen-bond acceptors (Lipinski definition) is 1. The molecule has 0 aromatic rings. The maximum Gasteiger partial charge on any atom is -0.00209 e. The van der Waals surface area contributed by atoms with Crippen LogP contribution in [0.25, 0.3) is 0 Å². The van der Waals surface area contributed by atoms with Crippen LogP contribution >= 0.6 is 0 Å². The normalized spacial score (nSPS) is 28.2. The average molecular weight is 251 g/mol. The first-order valence-electron chi connectivity index (χ1n) is 8.07. The van der Waals surface area contributed by atoms with Crippen LogP contribution in [0, 0.1) is 17.8 Å². The number of rotatable bonds is 9. The zero-order chi connectivity index (χ0) is 13.2. The quantitative estimate of drug-likeness (QED) is 0.459. The van der Waals surface area contributed by atoms with Crippen molar-refractivity contribution in [3.63, 3.8) is 0 Å². The lowest BCUT2D eigenvalue weighted by molar-refractivity contribution is 0.162.